The van der Waals surface area contributed by atoms with E-state index in [-0.39, 0.29) is 17.6 Å². The summed E-state index contributed by atoms with van der Waals surface area (Å²) < 4.78 is 0. The number of aryl methyl sites for hydroxylation is 3. The number of benzene rings is 1. The van der Waals surface area contributed by atoms with Crippen LogP contribution in [0.3, 0.4) is 0 Å². The normalized spacial score (nSPS) is 24.3. The molecule has 0 amide bonds. The summed E-state index contributed by atoms with van der Waals surface area (Å²) in [5, 5.41) is 10.7. The van der Waals surface area contributed by atoms with Crippen molar-refractivity contribution in [1.29, 1.82) is 0 Å². The molecule has 1 fully saturated rings. The Morgan fingerprint density at radius 1 is 1.14 bits per heavy atom. The lowest BCUT2D eigenvalue weighted by atomic mass is 9.87. The first-order chi connectivity index (χ1) is 10.5. The minimum atomic E-state index is -0.0850. The van der Waals surface area contributed by atoms with Crippen LogP contribution in [0.5, 0.6) is 0 Å². The van der Waals surface area contributed by atoms with Crippen LogP contribution in [0, 0.1) is 18.8 Å². The fourth-order valence-electron chi connectivity index (χ4n) is 4.12. The van der Waals surface area contributed by atoms with E-state index in [9.17, 15) is 9.90 Å². The van der Waals surface area contributed by atoms with Gasteiger partial charge in [-0.3, -0.25) is 4.79 Å². The van der Waals surface area contributed by atoms with E-state index in [0.717, 1.165) is 36.8 Å². The third-order valence-electron chi connectivity index (χ3n) is 5.15. The van der Waals surface area contributed by atoms with E-state index in [2.05, 4.69) is 39.5 Å². The standard InChI is InChI=1S/C20H24O2/c1-5-13-7-11(3)8-14(6-2)17(13)18-19(21)15-9-12(4)10-16(15)20(18)22/h7-8,15-16,21H,4-6,9-10H2,1-3H3/t15-,16+/m0/s1. The number of fused-ring (bicyclic) bond motifs is 1. The van der Waals surface area contributed by atoms with Gasteiger partial charge in [0.2, 0.25) is 0 Å². The topological polar surface area (TPSA) is 37.3 Å². The number of allylic oxidation sites excluding steroid dienone is 3. The molecule has 22 heavy (non-hydrogen) atoms. The van der Waals surface area contributed by atoms with Gasteiger partial charge in [-0.1, -0.05) is 43.7 Å². The number of carbonyl (C=O) groups excluding carboxylic acids is 1. The van der Waals surface area contributed by atoms with E-state index in [1.54, 1.807) is 0 Å². The number of rotatable bonds is 3. The van der Waals surface area contributed by atoms with Gasteiger partial charge in [0.15, 0.2) is 5.78 Å². The Morgan fingerprint density at radius 2 is 1.68 bits per heavy atom. The van der Waals surface area contributed by atoms with Crippen molar-refractivity contribution in [2.45, 2.75) is 46.5 Å². The van der Waals surface area contributed by atoms with E-state index >= 15 is 0 Å². The van der Waals surface area contributed by atoms with E-state index in [4.69, 9.17) is 0 Å². The highest BCUT2D eigenvalue weighted by molar-refractivity contribution is 6.25. The lowest BCUT2D eigenvalue weighted by Gasteiger charge is -2.16. The van der Waals surface area contributed by atoms with Crippen LogP contribution in [-0.2, 0) is 17.6 Å². The summed E-state index contributed by atoms with van der Waals surface area (Å²) in [7, 11) is 0. The first-order valence-electron chi connectivity index (χ1n) is 8.24. The molecule has 0 spiro atoms. The zero-order valence-electron chi connectivity index (χ0n) is 13.7. The molecule has 1 N–H and O–H groups in total. The van der Waals surface area contributed by atoms with Crippen LogP contribution in [0.25, 0.3) is 5.57 Å². The molecule has 0 aromatic heterocycles. The van der Waals surface area contributed by atoms with Gasteiger partial charge in [0.05, 0.1) is 5.57 Å². The van der Waals surface area contributed by atoms with Gasteiger partial charge in [0.1, 0.15) is 5.76 Å². The van der Waals surface area contributed by atoms with E-state index < -0.39 is 0 Å². The molecule has 3 rings (SSSR count). The maximum atomic E-state index is 12.9. The van der Waals surface area contributed by atoms with E-state index in [0.29, 0.717) is 11.3 Å². The first-order valence-corrected chi connectivity index (χ1v) is 8.24. The van der Waals surface area contributed by atoms with Crippen LogP contribution in [0.1, 0.15) is 48.9 Å². The Hall–Kier alpha value is -1.83. The number of hydrogen-bond acceptors (Lipinski definition) is 2. The quantitative estimate of drug-likeness (QED) is 0.831. The Labute approximate surface area is 132 Å². The second kappa shape index (κ2) is 5.42. The zero-order valence-corrected chi connectivity index (χ0v) is 13.7. The maximum absolute atomic E-state index is 12.9. The third kappa shape index (κ3) is 2.13. The zero-order chi connectivity index (χ0) is 16.0. The SMILES string of the molecule is C=C1C[C@@H]2C(O)=C(c3c(CC)cc(C)cc3CC)C(=O)[C@@H]2C1. The van der Waals surface area contributed by atoms with Crippen molar-refractivity contribution in [3.63, 3.8) is 0 Å². The molecular weight excluding hydrogens is 272 g/mol. The summed E-state index contributed by atoms with van der Waals surface area (Å²) in [6.45, 7) is 10.3. The molecule has 0 saturated heterocycles. The van der Waals surface area contributed by atoms with Gasteiger partial charge in [0, 0.05) is 11.8 Å². The van der Waals surface area contributed by atoms with E-state index in [1.165, 1.54) is 16.7 Å². The fraction of sp³-hybridized carbons (Fsp3) is 0.450. The van der Waals surface area contributed by atoms with Crippen LogP contribution in [-0.4, -0.2) is 10.9 Å². The Morgan fingerprint density at radius 3 is 2.18 bits per heavy atom. The fourth-order valence-corrected chi connectivity index (χ4v) is 4.12. The minimum Gasteiger partial charge on any atom is -0.511 e. The monoisotopic (exact) mass is 296 g/mol. The van der Waals surface area contributed by atoms with Crippen molar-refractivity contribution in [1.82, 2.24) is 0 Å². The summed E-state index contributed by atoms with van der Waals surface area (Å²) in [6, 6.07) is 4.30. The van der Waals surface area contributed by atoms with Crippen molar-refractivity contribution in [3.8, 4) is 0 Å². The van der Waals surface area contributed by atoms with E-state index in [1.807, 2.05) is 0 Å². The van der Waals surface area contributed by atoms with Crippen LogP contribution < -0.4 is 0 Å². The molecule has 1 aromatic carbocycles. The molecule has 2 heteroatoms. The molecule has 2 aliphatic carbocycles. The predicted octanol–water partition coefficient (Wildman–Crippen LogP) is 4.55. The number of carbonyl (C=O) groups is 1. The Bertz CT molecular complexity index is 669. The number of aliphatic hydroxyl groups excluding tert-OH is 1. The molecule has 0 unspecified atom stereocenters. The molecular formula is C20H24O2. The molecule has 2 atom stereocenters. The second-order valence-corrected chi connectivity index (χ2v) is 6.66. The van der Waals surface area contributed by atoms with Gasteiger partial charge in [0.25, 0.3) is 0 Å². The van der Waals surface area contributed by atoms with Gasteiger partial charge >= 0.3 is 0 Å². The first kappa shape index (κ1) is 15.1. The average molecular weight is 296 g/mol. The number of Topliss-reactive ketones (excluding diaryl/α,β-unsaturated/α-hetero) is 1. The van der Waals surface area contributed by atoms with Crippen LogP contribution in [0.2, 0.25) is 0 Å². The van der Waals surface area contributed by atoms with Crippen molar-refractivity contribution in [2.24, 2.45) is 11.8 Å². The van der Waals surface area contributed by atoms with Crippen LogP contribution >= 0.6 is 0 Å². The van der Waals surface area contributed by atoms with Gasteiger partial charge < -0.3 is 5.11 Å². The number of hydrogen-bond donors (Lipinski definition) is 1. The number of ketones is 1. The summed E-state index contributed by atoms with van der Waals surface area (Å²) in [6.07, 6.45) is 3.22. The smallest absolute Gasteiger partial charge is 0.171 e. The highest BCUT2D eigenvalue weighted by Gasteiger charge is 2.47. The van der Waals surface area contributed by atoms with Crippen molar-refractivity contribution in [3.05, 3.63) is 52.3 Å². The molecule has 2 nitrogen and oxygen atoms in total. The molecule has 1 aromatic rings. The second-order valence-electron chi connectivity index (χ2n) is 6.66. The minimum absolute atomic E-state index is 0.0364. The van der Waals surface area contributed by atoms with Crippen LogP contribution in [0.15, 0.2) is 30.0 Å². The Kier molecular flexibility index (Phi) is 3.72. The maximum Gasteiger partial charge on any atom is 0.171 e. The summed E-state index contributed by atoms with van der Waals surface area (Å²) in [5.74, 6) is 0.306. The largest absolute Gasteiger partial charge is 0.511 e. The highest BCUT2D eigenvalue weighted by atomic mass is 16.3. The average Bonchev–Trinajstić information content (AvgIpc) is 2.98. The van der Waals surface area contributed by atoms with Crippen molar-refractivity contribution < 1.29 is 9.90 Å². The van der Waals surface area contributed by atoms with Crippen LogP contribution in [0.4, 0.5) is 0 Å². The van der Waals surface area contributed by atoms with Gasteiger partial charge in [-0.05, 0) is 49.3 Å². The lowest BCUT2D eigenvalue weighted by Crippen LogP contribution is -2.13. The Balaban J connectivity index is 2.19. The van der Waals surface area contributed by atoms with Crippen molar-refractivity contribution >= 4 is 11.4 Å². The summed E-state index contributed by atoms with van der Waals surface area (Å²) in [5.41, 5.74) is 6.24. The summed E-state index contributed by atoms with van der Waals surface area (Å²) in [4.78, 5) is 12.9. The molecule has 0 bridgehead atoms. The third-order valence-corrected chi connectivity index (χ3v) is 5.15. The molecule has 0 radical (unpaired) electrons. The highest BCUT2D eigenvalue weighted by Crippen LogP contribution is 2.49. The lowest BCUT2D eigenvalue weighted by molar-refractivity contribution is -0.117. The van der Waals surface area contributed by atoms with Gasteiger partial charge in [-0.2, -0.15) is 0 Å². The molecule has 116 valence electrons. The molecule has 0 heterocycles. The molecule has 1 saturated carbocycles. The molecule has 2 aliphatic rings. The van der Waals surface area contributed by atoms with Gasteiger partial charge in [-0.25, -0.2) is 0 Å². The van der Waals surface area contributed by atoms with Crippen molar-refractivity contribution in [2.75, 3.05) is 0 Å². The predicted molar refractivity (Wildman–Crippen MR) is 89.8 cm³/mol. The van der Waals surface area contributed by atoms with Gasteiger partial charge in [-0.15, -0.1) is 0 Å². The number of aliphatic hydroxyl groups is 1. The molecule has 0 aliphatic heterocycles. The summed E-state index contributed by atoms with van der Waals surface area (Å²) >= 11 is 0.